The van der Waals surface area contributed by atoms with Crippen LogP contribution in [0.4, 0.5) is 0 Å². The summed E-state index contributed by atoms with van der Waals surface area (Å²) in [6.45, 7) is 17.2. The molecule has 0 aromatic heterocycles. The molecule has 0 fully saturated rings. The van der Waals surface area contributed by atoms with E-state index in [1.165, 1.54) is 5.56 Å². The van der Waals surface area contributed by atoms with Gasteiger partial charge in [-0.2, -0.15) is 0 Å². The molecule has 0 amide bonds. The van der Waals surface area contributed by atoms with Crippen molar-refractivity contribution in [2.24, 2.45) is 0 Å². The zero-order valence-electron chi connectivity index (χ0n) is 14.6. The number of benzene rings is 1. The molecule has 0 saturated heterocycles. The molecule has 0 spiro atoms. The van der Waals surface area contributed by atoms with Crippen LogP contribution in [0.25, 0.3) is 0 Å². The Balaban J connectivity index is 3.25. The van der Waals surface area contributed by atoms with Crippen molar-refractivity contribution < 1.29 is 5.11 Å². The van der Waals surface area contributed by atoms with Crippen molar-refractivity contribution in [2.45, 2.75) is 53.6 Å². The van der Waals surface area contributed by atoms with E-state index in [-0.39, 0.29) is 6.04 Å². The van der Waals surface area contributed by atoms with Gasteiger partial charge in [-0.15, -0.1) is 0 Å². The lowest BCUT2D eigenvalue weighted by molar-refractivity contribution is 0.212. The lowest BCUT2D eigenvalue weighted by Gasteiger charge is -2.33. The molecular weight excluding hydrogens is 260 g/mol. The Labute approximate surface area is 130 Å². The number of hydrogen-bond acceptors (Lipinski definition) is 3. The molecule has 21 heavy (non-hydrogen) atoms. The zero-order valence-corrected chi connectivity index (χ0v) is 14.6. The van der Waals surface area contributed by atoms with E-state index in [1.54, 1.807) is 0 Å². The first-order chi connectivity index (χ1) is 10.0. The van der Waals surface area contributed by atoms with Crippen LogP contribution in [0.15, 0.2) is 18.2 Å². The Morgan fingerprint density at radius 3 is 1.81 bits per heavy atom. The van der Waals surface area contributed by atoms with Gasteiger partial charge in [0.05, 0.1) is 0 Å². The summed E-state index contributed by atoms with van der Waals surface area (Å²) in [7, 11) is 0. The summed E-state index contributed by atoms with van der Waals surface area (Å²) in [5.41, 5.74) is 2.33. The summed E-state index contributed by atoms with van der Waals surface area (Å²) in [5.74, 6) is 0.422. The largest absolute Gasteiger partial charge is 0.508 e. The lowest BCUT2D eigenvalue weighted by Crippen LogP contribution is -2.30. The number of rotatable bonds is 8. The molecule has 0 saturated carbocycles. The predicted octanol–water partition coefficient (Wildman–Crippen LogP) is 4.20. The van der Waals surface area contributed by atoms with Gasteiger partial charge in [-0.1, -0.05) is 39.8 Å². The molecule has 0 heterocycles. The topological polar surface area (TPSA) is 26.7 Å². The van der Waals surface area contributed by atoms with Crippen molar-refractivity contribution in [3.05, 3.63) is 29.3 Å². The highest BCUT2D eigenvalue weighted by Crippen LogP contribution is 2.36. The van der Waals surface area contributed by atoms with Crippen molar-refractivity contribution in [3.63, 3.8) is 0 Å². The van der Waals surface area contributed by atoms with E-state index in [2.05, 4.69) is 57.4 Å². The van der Waals surface area contributed by atoms with Crippen LogP contribution in [0.5, 0.6) is 5.75 Å². The second-order valence-electron chi connectivity index (χ2n) is 5.57. The summed E-state index contributed by atoms with van der Waals surface area (Å²) in [5, 5.41) is 10.4. The van der Waals surface area contributed by atoms with Gasteiger partial charge < -0.3 is 5.11 Å². The normalized spacial score (nSPS) is 14.7. The van der Waals surface area contributed by atoms with Crippen LogP contribution in [0, 0.1) is 0 Å². The Hall–Kier alpha value is -1.06. The fourth-order valence-corrected chi connectivity index (χ4v) is 3.31. The Morgan fingerprint density at radius 2 is 1.33 bits per heavy atom. The van der Waals surface area contributed by atoms with Gasteiger partial charge >= 0.3 is 0 Å². The molecule has 0 aliphatic carbocycles. The van der Waals surface area contributed by atoms with Gasteiger partial charge in [0.25, 0.3) is 0 Å². The summed E-state index contributed by atoms with van der Waals surface area (Å²) in [6, 6.07) is 6.49. The minimum Gasteiger partial charge on any atom is -0.508 e. The van der Waals surface area contributed by atoms with Gasteiger partial charge in [0.2, 0.25) is 0 Å². The minimum absolute atomic E-state index is 0.231. The second-order valence-corrected chi connectivity index (χ2v) is 5.57. The molecule has 0 radical (unpaired) electrons. The minimum atomic E-state index is 0.231. The summed E-state index contributed by atoms with van der Waals surface area (Å²) < 4.78 is 0. The van der Waals surface area contributed by atoms with E-state index in [0.717, 1.165) is 31.7 Å². The van der Waals surface area contributed by atoms with E-state index < -0.39 is 0 Å². The predicted molar refractivity (Wildman–Crippen MR) is 90.8 cm³/mol. The molecule has 3 nitrogen and oxygen atoms in total. The molecule has 0 bridgehead atoms. The first-order valence-corrected chi connectivity index (χ1v) is 8.31. The van der Waals surface area contributed by atoms with Crippen LogP contribution < -0.4 is 0 Å². The van der Waals surface area contributed by atoms with Crippen LogP contribution >= 0.6 is 0 Å². The number of phenolic OH excluding ortho intramolecular Hbond substituents is 1. The van der Waals surface area contributed by atoms with Gasteiger partial charge in [-0.05, 0) is 51.7 Å². The monoisotopic (exact) mass is 292 g/mol. The number of nitrogens with zero attached hydrogens (tertiary/aromatic N) is 2. The number of aromatic hydroxyl groups is 1. The third-order valence-electron chi connectivity index (χ3n) is 4.70. The molecular formula is C18H32N2O. The maximum atomic E-state index is 10.4. The summed E-state index contributed by atoms with van der Waals surface area (Å²) >= 11 is 0. The van der Waals surface area contributed by atoms with Crippen molar-refractivity contribution in [1.82, 2.24) is 9.80 Å². The van der Waals surface area contributed by atoms with Crippen molar-refractivity contribution in [1.29, 1.82) is 0 Å². The van der Waals surface area contributed by atoms with Gasteiger partial charge in [-0.3, -0.25) is 9.80 Å². The molecule has 1 rings (SSSR count). The maximum Gasteiger partial charge on any atom is 0.120 e. The average Bonchev–Trinajstić information content (AvgIpc) is 2.49. The summed E-state index contributed by atoms with van der Waals surface area (Å²) in [4.78, 5) is 4.81. The Kier molecular flexibility index (Phi) is 7.20. The maximum absolute atomic E-state index is 10.4. The average molecular weight is 292 g/mol. The number of hydrogen-bond donors (Lipinski definition) is 1. The standard InChI is InChI=1S/C18H32N2O/c1-7-19(8-2)14(5)16-12-11-13-17(21)18(16)15(6)20(9-3)10-4/h11-15,21H,7-10H2,1-6H3. The zero-order chi connectivity index (χ0) is 16.0. The van der Waals surface area contributed by atoms with E-state index in [0.29, 0.717) is 11.8 Å². The van der Waals surface area contributed by atoms with E-state index in [1.807, 2.05) is 12.1 Å². The Bertz CT molecular complexity index is 425. The van der Waals surface area contributed by atoms with Gasteiger partial charge in [0.15, 0.2) is 0 Å². The molecule has 2 unspecified atom stereocenters. The third kappa shape index (κ3) is 3.98. The molecule has 120 valence electrons. The molecule has 1 N–H and O–H groups in total. The highest BCUT2D eigenvalue weighted by atomic mass is 16.3. The van der Waals surface area contributed by atoms with Crippen LogP contribution in [-0.2, 0) is 0 Å². The highest BCUT2D eigenvalue weighted by molar-refractivity contribution is 5.43. The van der Waals surface area contributed by atoms with E-state index in [9.17, 15) is 5.11 Å². The van der Waals surface area contributed by atoms with Crippen LogP contribution in [0.1, 0.15) is 64.8 Å². The fourth-order valence-electron chi connectivity index (χ4n) is 3.31. The highest BCUT2D eigenvalue weighted by Gasteiger charge is 2.24. The van der Waals surface area contributed by atoms with Crippen LogP contribution in [-0.4, -0.2) is 41.1 Å². The number of phenols is 1. The first-order valence-electron chi connectivity index (χ1n) is 8.31. The first kappa shape index (κ1) is 18.0. The molecule has 0 aliphatic heterocycles. The van der Waals surface area contributed by atoms with Crippen molar-refractivity contribution in [3.8, 4) is 5.75 Å². The van der Waals surface area contributed by atoms with Gasteiger partial charge in [0.1, 0.15) is 5.75 Å². The van der Waals surface area contributed by atoms with E-state index >= 15 is 0 Å². The third-order valence-corrected chi connectivity index (χ3v) is 4.70. The molecule has 0 aliphatic rings. The molecule has 3 heteroatoms. The van der Waals surface area contributed by atoms with Crippen LogP contribution in [0.2, 0.25) is 0 Å². The van der Waals surface area contributed by atoms with E-state index in [4.69, 9.17) is 0 Å². The summed E-state index contributed by atoms with van der Waals surface area (Å²) in [6.07, 6.45) is 0. The van der Waals surface area contributed by atoms with Gasteiger partial charge in [-0.25, -0.2) is 0 Å². The molecule has 1 aromatic carbocycles. The quantitative estimate of drug-likeness (QED) is 0.778. The van der Waals surface area contributed by atoms with Gasteiger partial charge in [0, 0.05) is 17.6 Å². The fraction of sp³-hybridized carbons (Fsp3) is 0.667. The SMILES string of the molecule is CCN(CC)C(C)c1cccc(O)c1C(C)N(CC)CC. The molecule has 1 aromatic rings. The smallest absolute Gasteiger partial charge is 0.120 e. The van der Waals surface area contributed by atoms with Crippen LogP contribution in [0.3, 0.4) is 0 Å². The Morgan fingerprint density at radius 1 is 0.857 bits per heavy atom. The molecule has 2 atom stereocenters. The lowest BCUT2D eigenvalue weighted by atomic mass is 9.93. The van der Waals surface area contributed by atoms with Crippen molar-refractivity contribution >= 4 is 0 Å². The van der Waals surface area contributed by atoms with Crippen molar-refractivity contribution in [2.75, 3.05) is 26.2 Å². The second kappa shape index (κ2) is 8.40.